The molecule has 2 aliphatic rings. The minimum Gasteiger partial charge on any atom is -0.497 e. The van der Waals surface area contributed by atoms with Crippen molar-refractivity contribution in [1.82, 2.24) is 14.8 Å². The molecule has 0 unspecified atom stereocenters. The second kappa shape index (κ2) is 8.05. The first-order valence-corrected chi connectivity index (χ1v) is 11.1. The minimum absolute atomic E-state index is 0.00110. The van der Waals surface area contributed by atoms with Crippen molar-refractivity contribution in [3.8, 4) is 5.75 Å². The van der Waals surface area contributed by atoms with E-state index in [1.165, 1.54) is 12.1 Å². The average Bonchev–Trinajstić information content (AvgIpc) is 3.42. The van der Waals surface area contributed by atoms with E-state index in [-0.39, 0.29) is 23.8 Å². The normalized spacial score (nSPS) is 18.7. The highest BCUT2D eigenvalue weighted by atomic mass is 19.1. The van der Waals surface area contributed by atoms with Crippen LogP contribution in [-0.2, 0) is 0 Å². The molecule has 1 aromatic heterocycles. The molecule has 9 heteroatoms. The Morgan fingerprint density at radius 1 is 0.914 bits per heavy atom. The number of imide groups is 1. The zero-order valence-electron chi connectivity index (χ0n) is 18.7. The van der Waals surface area contributed by atoms with Gasteiger partial charge in [0.2, 0.25) is 5.95 Å². The Morgan fingerprint density at radius 3 is 2.17 bits per heavy atom. The Kier molecular flexibility index (Phi) is 4.84. The molecule has 0 fully saturated rings. The Labute approximate surface area is 200 Å². The lowest BCUT2D eigenvalue weighted by Crippen LogP contribution is -2.30. The summed E-state index contributed by atoms with van der Waals surface area (Å²) in [5, 5.41) is 7.95. The van der Waals surface area contributed by atoms with Crippen LogP contribution < -0.4 is 15.0 Å². The van der Waals surface area contributed by atoms with Gasteiger partial charge >= 0.3 is 0 Å². The first-order valence-electron chi connectivity index (χ1n) is 11.1. The highest BCUT2D eigenvalue weighted by molar-refractivity contribution is 6.33. The van der Waals surface area contributed by atoms with Gasteiger partial charge in [-0.15, -0.1) is 5.10 Å². The van der Waals surface area contributed by atoms with E-state index in [2.05, 4.69) is 15.4 Å². The number of ether oxygens (including phenoxy) is 1. The highest BCUT2D eigenvalue weighted by Gasteiger charge is 2.40. The van der Waals surface area contributed by atoms with Crippen molar-refractivity contribution < 1.29 is 18.7 Å². The summed E-state index contributed by atoms with van der Waals surface area (Å²) in [6.07, 6.45) is 0.593. The number of halogens is 1. The van der Waals surface area contributed by atoms with Gasteiger partial charge < -0.3 is 10.1 Å². The molecular formula is C26H20FN5O3. The van der Waals surface area contributed by atoms with Gasteiger partial charge in [-0.25, -0.2) is 14.0 Å². The van der Waals surface area contributed by atoms with Crippen LogP contribution in [0.4, 0.5) is 16.3 Å². The quantitative estimate of drug-likeness (QED) is 0.447. The van der Waals surface area contributed by atoms with E-state index < -0.39 is 11.8 Å². The number of hydrogen-bond acceptors (Lipinski definition) is 6. The largest absolute Gasteiger partial charge is 0.497 e. The van der Waals surface area contributed by atoms with Gasteiger partial charge in [-0.05, 0) is 53.9 Å². The van der Waals surface area contributed by atoms with Crippen LogP contribution in [-0.4, -0.2) is 33.7 Å². The van der Waals surface area contributed by atoms with Gasteiger partial charge in [-0.2, -0.15) is 4.98 Å². The third-order valence-electron chi connectivity index (χ3n) is 6.44. The number of amides is 2. The minimum atomic E-state index is -0.460. The number of methoxy groups -OCH3 is 1. The molecule has 0 radical (unpaired) electrons. The number of rotatable bonds is 4. The van der Waals surface area contributed by atoms with Crippen LogP contribution in [0.2, 0.25) is 0 Å². The predicted octanol–water partition coefficient (Wildman–Crippen LogP) is 4.37. The molecule has 3 heterocycles. The second-order valence-corrected chi connectivity index (χ2v) is 8.44. The summed E-state index contributed by atoms with van der Waals surface area (Å²) < 4.78 is 20.6. The van der Waals surface area contributed by atoms with E-state index in [1.54, 1.807) is 48.2 Å². The monoisotopic (exact) mass is 469 g/mol. The third-order valence-corrected chi connectivity index (χ3v) is 6.44. The number of aromatic nitrogens is 3. The molecule has 6 rings (SSSR count). The maximum absolute atomic E-state index is 13.6. The van der Waals surface area contributed by atoms with E-state index in [0.717, 1.165) is 21.8 Å². The summed E-state index contributed by atoms with van der Waals surface area (Å²) in [6.45, 7) is 0. The molecule has 3 aromatic carbocycles. The van der Waals surface area contributed by atoms with Crippen LogP contribution in [0.15, 0.2) is 72.8 Å². The lowest BCUT2D eigenvalue weighted by Gasteiger charge is -2.31. The van der Waals surface area contributed by atoms with E-state index >= 15 is 0 Å². The lowest BCUT2D eigenvalue weighted by atomic mass is 9.93. The second-order valence-electron chi connectivity index (χ2n) is 8.44. The molecule has 2 aliphatic heterocycles. The Hall–Kier alpha value is -4.53. The van der Waals surface area contributed by atoms with E-state index in [4.69, 9.17) is 4.74 Å². The van der Waals surface area contributed by atoms with Gasteiger partial charge in [0.25, 0.3) is 17.8 Å². The van der Waals surface area contributed by atoms with Crippen molar-refractivity contribution in [1.29, 1.82) is 0 Å². The van der Waals surface area contributed by atoms with Crippen molar-refractivity contribution in [2.24, 2.45) is 0 Å². The van der Waals surface area contributed by atoms with Crippen LogP contribution in [0.1, 0.15) is 50.3 Å². The number of hydrogen-bond donors (Lipinski definition) is 1. The van der Waals surface area contributed by atoms with Crippen molar-refractivity contribution in [2.45, 2.75) is 18.5 Å². The summed E-state index contributed by atoms with van der Waals surface area (Å²) in [7, 11) is 1.61. The van der Waals surface area contributed by atoms with Crippen LogP contribution in [0.3, 0.4) is 0 Å². The Bertz CT molecular complexity index is 1410. The fraction of sp³-hybridized carbons (Fsp3) is 0.154. The average molecular weight is 469 g/mol. The Morgan fingerprint density at radius 2 is 1.54 bits per heavy atom. The summed E-state index contributed by atoms with van der Waals surface area (Å²) in [5.74, 6) is -0.0908. The van der Waals surface area contributed by atoms with Gasteiger partial charge in [-0.1, -0.05) is 36.4 Å². The maximum atomic E-state index is 13.6. The molecule has 2 amide bonds. The summed E-state index contributed by atoms with van der Waals surface area (Å²) in [6, 6.07) is 20.2. The molecule has 8 nitrogen and oxygen atoms in total. The standard InChI is InChI=1S/C26H20FN5O3/c1-35-18-12-8-15(9-13-18)21-14-22(16-6-10-17(27)11-7-16)32-25(28-21)29-26(30-32)31-23(33)19-4-2-3-5-20(19)24(31)34/h2-13,21-22H,14H2,1H3,(H,28,29,30)/t21-,22+/m0/s1. The smallest absolute Gasteiger partial charge is 0.268 e. The topological polar surface area (TPSA) is 89.4 Å². The molecule has 1 N–H and O–H groups in total. The van der Waals surface area contributed by atoms with Gasteiger partial charge in [0.05, 0.1) is 30.3 Å². The number of nitrogens with zero attached hydrogens (tertiary/aromatic N) is 4. The maximum Gasteiger partial charge on any atom is 0.268 e. The Balaban J connectivity index is 1.41. The predicted molar refractivity (Wildman–Crippen MR) is 126 cm³/mol. The van der Waals surface area contributed by atoms with E-state index in [9.17, 15) is 14.0 Å². The first-order chi connectivity index (χ1) is 17.0. The number of anilines is 2. The molecule has 2 atom stereocenters. The van der Waals surface area contributed by atoms with Gasteiger partial charge in [0, 0.05) is 0 Å². The highest BCUT2D eigenvalue weighted by Crippen LogP contribution is 2.39. The van der Waals surface area contributed by atoms with Crippen LogP contribution in [0.5, 0.6) is 5.75 Å². The zero-order chi connectivity index (χ0) is 24.1. The summed E-state index contributed by atoms with van der Waals surface area (Å²) in [5.41, 5.74) is 2.50. The number of nitrogens with one attached hydrogen (secondary N) is 1. The molecule has 174 valence electrons. The fourth-order valence-electron chi connectivity index (χ4n) is 4.65. The number of carbonyl (C=O) groups is 2. The summed E-state index contributed by atoms with van der Waals surface area (Å²) in [4.78, 5) is 31.5. The number of carbonyl (C=O) groups excluding carboxylic acids is 2. The molecule has 35 heavy (non-hydrogen) atoms. The van der Waals surface area contributed by atoms with E-state index in [1.807, 2.05) is 24.3 Å². The van der Waals surface area contributed by atoms with Crippen molar-refractivity contribution in [3.05, 3.63) is 101 Å². The van der Waals surface area contributed by atoms with Gasteiger partial charge in [-0.3, -0.25) is 9.59 Å². The SMILES string of the molecule is COc1ccc([C@@H]2C[C@H](c3ccc(F)cc3)n3nc(N4C(=O)c5ccccc5C4=O)nc3N2)cc1. The first kappa shape index (κ1) is 21.0. The van der Waals surface area contributed by atoms with Crippen molar-refractivity contribution in [2.75, 3.05) is 17.3 Å². The lowest BCUT2D eigenvalue weighted by molar-refractivity contribution is 0.0923. The van der Waals surface area contributed by atoms with Crippen molar-refractivity contribution >= 4 is 23.7 Å². The molecule has 0 aliphatic carbocycles. The molecule has 0 spiro atoms. The molecule has 4 aromatic rings. The zero-order valence-corrected chi connectivity index (χ0v) is 18.7. The van der Waals surface area contributed by atoms with Crippen LogP contribution >= 0.6 is 0 Å². The van der Waals surface area contributed by atoms with Crippen LogP contribution in [0.25, 0.3) is 0 Å². The molecule has 0 bridgehead atoms. The van der Waals surface area contributed by atoms with Gasteiger partial charge in [0.15, 0.2) is 0 Å². The molecule has 0 saturated carbocycles. The molecular weight excluding hydrogens is 449 g/mol. The van der Waals surface area contributed by atoms with Crippen LogP contribution in [0, 0.1) is 5.82 Å². The summed E-state index contributed by atoms with van der Waals surface area (Å²) >= 11 is 0. The number of benzene rings is 3. The third kappa shape index (κ3) is 3.43. The van der Waals surface area contributed by atoms with Crippen molar-refractivity contribution in [3.63, 3.8) is 0 Å². The van der Waals surface area contributed by atoms with Gasteiger partial charge in [0.1, 0.15) is 11.6 Å². The molecule has 0 saturated heterocycles. The van der Waals surface area contributed by atoms with E-state index in [0.29, 0.717) is 23.5 Å². The number of fused-ring (bicyclic) bond motifs is 2. The fourth-order valence-corrected chi connectivity index (χ4v) is 4.65.